The molecule has 0 rings (SSSR count). The molecule has 0 radical (unpaired) electrons. The van der Waals surface area contributed by atoms with Crippen LogP contribution in [-0.4, -0.2) is 41.0 Å². The van der Waals surface area contributed by atoms with E-state index in [0.717, 1.165) is 12.2 Å². The Morgan fingerprint density at radius 2 is 2.25 bits per heavy atom. The molecule has 0 spiro atoms. The van der Waals surface area contributed by atoms with E-state index < -0.39 is 6.09 Å². The fourth-order valence-corrected chi connectivity index (χ4v) is 1.40. The summed E-state index contributed by atoms with van der Waals surface area (Å²) in [6.07, 6.45) is 2.21. The quantitative estimate of drug-likeness (QED) is 0.582. The molecule has 0 aliphatic carbocycles. The largest absolute Gasteiger partial charge is 0.465 e. The predicted octanol–water partition coefficient (Wildman–Crippen LogP) is 0.758. The van der Waals surface area contributed by atoms with Crippen LogP contribution in [0.4, 0.5) is 4.79 Å². The third-order valence-electron chi connectivity index (χ3n) is 1.48. The minimum absolute atomic E-state index is 0.0271. The van der Waals surface area contributed by atoms with Crippen molar-refractivity contribution >= 4 is 17.9 Å². The molecule has 1 unspecified atom stereocenters. The van der Waals surface area contributed by atoms with Gasteiger partial charge in [0.15, 0.2) is 0 Å². The van der Waals surface area contributed by atoms with Crippen LogP contribution < -0.4 is 5.32 Å². The van der Waals surface area contributed by atoms with Crippen LogP contribution >= 0.6 is 11.8 Å². The maximum atomic E-state index is 10.2. The van der Waals surface area contributed by atoms with E-state index in [1.807, 2.05) is 6.26 Å². The van der Waals surface area contributed by atoms with Gasteiger partial charge in [-0.15, -0.1) is 0 Å². The highest BCUT2D eigenvalue weighted by Gasteiger charge is 2.09. The van der Waals surface area contributed by atoms with E-state index in [9.17, 15) is 4.79 Å². The van der Waals surface area contributed by atoms with Gasteiger partial charge in [-0.3, -0.25) is 0 Å². The predicted molar refractivity (Wildman–Crippen MR) is 49.7 cm³/mol. The lowest BCUT2D eigenvalue weighted by Gasteiger charge is -2.14. The van der Waals surface area contributed by atoms with Gasteiger partial charge in [0.05, 0.1) is 0 Å². The number of rotatable bonds is 6. The van der Waals surface area contributed by atoms with Crippen molar-refractivity contribution in [2.75, 3.05) is 18.6 Å². The Morgan fingerprint density at radius 1 is 1.58 bits per heavy atom. The third kappa shape index (κ3) is 6.30. The Kier molecular flexibility index (Phi) is 6.99. The molecular weight excluding hydrogens is 178 g/mol. The maximum Gasteiger partial charge on any atom is 0.404 e. The zero-order valence-corrected chi connectivity index (χ0v) is 7.93. The molecule has 0 aliphatic heterocycles. The molecule has 0 aromatic heterocycles. The highest BCUT2D eigenvalue weighted by Crippen LogP contribution is 2.03. The Hall–Kier alpha value is -0.420. The number of hydrogen-bond donors (Lipinski definition) is 3. The van der Waals surface area contributed by atoms with Gasteiger partial charge in [0.1, 0.15) is 0 Å². The number of aliphatic hydroxyl groups is 1. The minimum atomic E-state index is -1.02. The fourth-order valence-electron chi connectivity index (χ4n) is 0.879. The molecule has 0 aliphatic rings. The molecule has 4 nitrogen and oxygen atoms in total. The van der Waals surface area contributed by atoms with Crippen molar-refractivity contribution in [1.29, 1.82) is 0 Å². The molecule has 3 N–H and O–H groups in total. The summed E-state index contributed by atoms with van der Waals surface area (Å²) in [5, 5.41) is 19.4. The second kappa shape index (κ2) is 7.24. The van der Waals surface area contributed by atoms with Crippen LogP contribution in [0.1, 0.15) is 12.8 Å². The molecule has 0 saturated heterocycles. The summed E-state index contributed by atoms with van der Waals surface area (Å²) in [6.45, 7) is 0.0271. The highest BCUT2D eigenvalue weighted by molar-refractivity contribution is 7.98. The van der Waals surface area contributed by atoms with Gasteiger partial charge in [-0.05, 0) is 24.9 Å². The summed E-state index contributed by atoms with van der Waals surface area (Å²) < 4.78 is 0. The molecule has 0 bridgehead atoms. The molecule has 0 aromatic carbocycles. The Morgan fingerprint density at radius 3 is 2.67 bits per heavy atom. The van der Waals surface area contributed by atoms with Crippen LogP contribution in [0.15, 0.2) is 0 Å². The first-order chi connectivity index (χ1) is 5.70. The number of amides is 1. The average molecular weight is 193 g/mol. The fraction of sp³-hybridized carbons (Fsp3) is 0.857. The lowest BCUT2D eigenvalue weighted by molar-refractivity contribution is 0.185. The summed E-state index contributed by atoms with van der Waals surface area (Å²) in [4.78, 5) is 10.2. The van der Waals surface area contributed by atoms with Gasteiger partial charge >= 0.3 is 6.09 Å². The first kappa shape index (κ1) is 11.6. The first-order valence-corrected chi connectivity index (χ1v) is 5.19. The molecule has 0 aromatic rings. The van der Waals surface area contributed by atoms with Crippen LogP contribution in [-0.2, 0) is 0 Å². The number of nitrogens with one attached hydrogen (secondary N) is 1. The van der Waals surface area contributed by atoms with Crippen LogP contribution in [0.5, 0.6) is 0 Å². The van der Waals surface area contributed by atoms with Gasteiger partial charge in [0.2, 0.25) is 0 Å². The lowest BCUT2D eigenvalue weighted by Crippen LogP contribution is -2.34. The van der Waals surface area contributed by atoms with Gasteiger partial charge in [0, 0.05) is 12.6 Å². The zero-order valence-electron chi connectivity index (χ0n) is 7.12. The Bertz CT molecular complexity index is 132. The summed E-state index contributed by atoms with van der Waals surface area (Å²) in [6, 6.07) is -0.111. The van der Waals surface area contributed by atoms with Crippen molar-refractivity contribution in [1.82, 2.24) is 5.32 Å². The van der Waals surface area contributed by atoms with Gasteiger partial charge in [-0.1, -0.05) is 0 Å². The molecule has 5 heteroatoms. The van der Waals surface area contributed by atoms with Crippen LogP contribution in [0.25, 0.3) is 0 Å². The molecule has 12 heavy (non-hydrogen) atoms. The van der Waals surface area contributed by atoms with Crippen molar-refractivity contribution in [2.24, 2.45) is 0 Å². The number of thioether (sulfide) groups is 1. The van der Waals surface area contributed by atoms with Gasteiger partial charge in [0.25, 0.3) is 0 Å². The first-order valence-electron chi connectivity index (χ1n) is 3.80. The van der Waals surface area contributed by atoms with Crippen molar-refractivity contribution < 1.29 is 15.0 Å². The van der Waals surface area contributed by atoms with E-state index in [4.69, 9.17) is 10.2 Å². The van der Waals surface area contributed by atoms with Crippen molar-refractivity contribution in [3.63, 3.8) is 0 Å². The van der Waals surface area contributed by atoms with E-state index >= 15 is 0 Å². The monoisotopic (exact) mass is 193 g/mol. The summed E-state index contributed by atoms with van der Waals surface area (Å²) in [5.41, 5.74) is 0. The summed E-state index contributed by atoms with van der Waals surface area (Å²) >= 11 is 1.67. The van der Waals surface area contributed by atoms with Crippen LogP contribution in [0.2, 0.25) is 0 Å². The van der Waals surface area contributed by atoms with E-state index in [2.05, 4.69) is 5.32 Å². The third-order valence-corrected chi connectivity index (χ3v) is 2.12. The van der Waals surface area contributed by atoms with Gasteiger partial charge in [-0.25, -0.2) is 4.79 Å². The maximum absolute atomic E-state index is 10.2. The lowest BCUT2D eigenvalue weighted by atomic mass is 10.2. The molecule has 1 amide bonds. The molecule has 72 valence electrons. The van der Waals surface area contributed by atoms with E-state index in [-0.39, 0.29) is 12.6 Å². The topological polar surface area (TPSA) is 69.6 Å². The Labute approximate surface area is 76.4 Å². The number of carboxylic acid groups (broad SMARTS) is 1. The zero-order chi connectivity index (χ0) is 9.40. The van der Waals surface area contributed by atoms with Crippen molar-refractivity contribution in [2.45, 2.75) is 18.9 Å². The second-order valence-electron chi connectivity index (χ2n) is 2.44. The molecule has 1 atom stereocenters. The van der Waals surface area contributed by atoms with Crippen molar-refractivity contribution in [3.05, 3.63) is 0 Å². The van der Waals surface area contributed by atoms with Crippen LogP contribution in [0.3, 0.4) is 0 Å². The standard InChI is InChI=1S/C7H15NO3S/c1-12-5-3-6(2-4-9)8-7(10)11/h6,8-9H,2-5H2,1H3,(H,10,11). The minimum Gasteiger partial charge on any atom is -0.465 e. The smallest absolute Gasteiger partial charge is 0.404 e. The molecular formula is C7H15NO3S. The van der Waals surface area contributed by atoms with Crippen molar-refractivity contribution in [3.8, 4) is 0 Å². The molecule has 0 saturated carbocycles. The number of hydrogen-bond acceptors (Lipinski definition) is 3. The Balaban J connectivity index is 3.61. The van der Waals surface area contributed by atoms with E-state index in [1.165, 1.54) is 0 Å². The SMILES string of the molecule is CSCCC(CCO)NC(=O)O. The van der Waals surface area contributed by atoms with E-state index in [0.29, 0.717) is 6.42 Å². The highest BCUT2D eigenvalue weighted by atomic mass is 32.2. The van der Waals surface area contributed by atoms with Gasteiger partial charge in [-0.2, -0.15) is 11.8 Å². The average Bonchev–Trinajstić information content (AvgIpc) is 2.00. The van der Waals surface area contributed by atoms with Crippen LogP contribution in [0, 0.1) is 0 Å². The van der Waals surface area contributed by atoms with E-state index in [1.54, 1.807) is 11.8 Å². The normalized spacial score (nSPS) is 12.5. The number of carbonyl (C=O) groups is 1. The summed E-state index contributed by atoms with van der Waals surface area (Å²) in [7, 11) is 0. The number of aliphatic hydroxyl groups excluding tert-OH is 1. The summed E-state index contributed by atoms with van der Waals surface area (Å²) in [5.74, 6) is 0.908. The van der Waals surface area contributed by atoms with Gasteiger partial charge < -0.3 is 15.5 Å². The molecule has 0 fully saturated rings. The second-order valence-corrected chi connectivity index (χ2v) is 3.43. The molecule has 0 heterocycles.